The van der Waals surface area contributed by atoms with E-state index in [-0.39, 0.29) is 21.7 Å². The van der Waals surface area contributed by atoms with E-state index in [1.807, 2.05) is 6.92 Å². The molecule has 0 saturated carbocycles. The fourth-order valence-electron chi connectivity index (χ4n) is 2.55. The van der Waals surface area contributed by atoms with Gasteiger partial charge in [0.2, 0.25) is 0 Å². The molecule has 1 aromatic heterocycles. The monoisotopic (exact) mass is 372 g/mol. The number of unbranched alkanes of at least 4 members (excludes halogenated alkanes) is 1. The standard InChI is InChI=1S/C18H16N2O5S/c1-2-3-10-19-17(21)16(26-18(19)22)11-12-8-9-15(25-12)13-6-4-5-7-14(13)20(23)24/h4-9,11H,2-3,10H2,1H3/b16-11-. The van der Waals surface area contributed by atoms with E-state index < -0.39 is 4.92 Å². The number of thioether (sulfide) groups is 1. The van der Waals surface area contributed by atoms with Gasteiger partial charge >= 0.3 is 0 Å². The summed E-state index contributed by atoms with van der Waals surface area (Å²) in [5, 5.41) is 10.9. The molecule has 134 valence electrons. The van der Waals surface area contributed by atoms with Gasteiger partial charge in [0.05, 0.1) is 15.4 Å². The lowest BCUT2D eigenvalue weighted by molar-refractivity contribution is -0.384. The molecule has 2 heterocycles. The molecule has 8 heteroatoms. The van der Waals surface area contributed by atoms with Gasteiger partial charge in [0, 0.05) is 18.7 Å². The molecule has 0 aliphatic carbocycles. The highest BCUT2D eigenvalue weighted by atomic mass is 32.2. The predicted octanol–water partition coefficient (Wildman–Crippen LogP) is 4.69. The number of rotatable bonds is 6. The first-order valence-corrected chi connectivity index (χ1v) is 8.92. The Labute approximate surface area is 153 Å². The number of nitro benzene ring substituents is 1. The Kier molecular flexibility index (Phi) is 5.22. The van der Waals surface area contributed by atoms with E-state index in [1.165, 1.54) is 17.0 Å². The number of hydrogen-bond acceptors (Lipinski definition) is 6. The second kappa shape index (κ2) is 7.57. The number of carbonyl (C=O) groups excluding carboxylic acids is 2. The molecule has 2 amide bonds. The fraction of sp³-hybridized carbons (Fsp3) is 0.222. The SMILES string of the molecule is CCCCN1C(=O)S/C(=C\c2ccc(-c3ccccc3[N+](=O)[O-])o2)C1=O. The third kappa shape index (κ3) is 3.55. The molecule has 0 bridgehead atoms. The molecule has 0 unspecified atom stereocenters. The Bertz CT molecular complexity index is 902. The molecular weight excluding hydrogens is 356 g/mol. The molecule has 1 fully saturated rings. The van der Waals surface area contributed by atoms with Crippen LogP contribution in [0.2, 0.25) is 0 Å². The molecule has 1 aliphatic rings. The third-order valence-electron chi connectivity index (χ3n) is 3.88. The summed E-state index contributed by atoms with van der Waals surface area (Å²) in [6, 6.07) is 9.49. The van der Waals surface area contributed by atoms with Crippen LogP contribution in [0.4, 0.5) is 10.5 Å². The highest BCUT2D eigenvalue weighted by Gasteiger charge is 2.34. The van der Waals surface area contributed by atoms with Gasteiger partial charge in [-0.05, 0) is 36.4 Å². The van der Waals surface area contributed by atoms with Crippen LogP contribution in [0.5, 0.6) is 0 Å². The Morgan fingerprint density at radius 1 is 1.23 bits per heavy atom. The summed E-state index contributed by atoms with van der Waals surface area (Å²) in [7, 11) is 0. The second-order valence-electron chi connectivity index (χ2n) is 5.66. The Morgan fingerprint density at radius 2 is 2.00 bits per heavy atom. The number of hydrogen-bond donors (Lipinski definition) is 0. The number of para-hydroxylation sites is 1. The molecule has 0 radical (unpaired) electrons. The Morgan fingerprint density at radius 3 is 2.73 bits per heavy atom. The molecule has 1 saturated heterocycles. The van der Waals surface area contributed by atoms with E-state index in [9.17, 15) is 19.7 Å². The number of nitro groups is 1. The number of imide groups is 1. The van der Waals surface area contributed by atoms with Crippen molar-refractivity contribution in [1.29, 1.82) is 0 Å². The molecule has 2 aromatic rings. The van der Waals surface area contributed by atoms with E-state index >= 15 is 0 Å². The van der Waals surface area contributed by atoms with Crippen molar-refractivity contribution in [3.8, 4) is 11.3 Å². The number of benzene rings is 1. The van der Waals surface area contributed by atoms with E-state index in [0.717, 1.165) is 24.6 Å². The van der Waals surface area contributed by atoms with Gasteiger partial charge in [0.15, 0.2) is 0 Å². The summed E-state index contributed by atoms with van der Waals surface area (Å²) in [5.41, 5.74) is 0.293. The maximum absolute atomic E-state index is 12.3. The van der Waals surface area contributed by atoms with E-state index in [4.69, 9.17) is 4.42 Å². The number of furan rings is 1. The number of carbonyl (C=O) groups is 2. The van der Waals surface area contributed by atoms with Crippen LogP contribution in [-0.2, 0) is 4.79 Å². The van der Waals surface area contributed by atoms with Gasteiger partial charge < -0.3 is 4.42 Å². The smallest absolute Gasteiger partial charge is 0.293 e. The van der Waals surface area contributed by atoms with Crippen LogP contribution in [0.25, 0.3) is 17.4 Å². The van der Waals surface area contributed by atoms with E-state index in [0.29, 0.717) is 23.6 Å². The van der Waals surface area contributed by atoms with Crippen molar-refractivity contribution in [1.82, 2.24) is 4.90 Å². The van der Waals surface area contributed by atoms with Gasteiger partial charge in [-0.25, -0.2) is 0 Å². The molecule has 0 atom stereocenters. The second-order valence-corrected chi connectivity index (χ2v) is 6.66. The van der Waals surface area contributed by atoms with Crippen LogP contribution in [0.1, 0.15) is 25.5 Å². The zero-order chi connectivity index (χ0) is 18.7. The summed E-state index contributed by atoms with van der Waals surface area (Å²) in [5.74, 6) is 0.352. The average Bonchev–Trinajstić information content (AvgIpc) is 3.19. The summed E-state index contributed by atoms with van der Waals surface area (Å²) in [4.78, 5) is 36.5. The zero-order valence-electron chi connectivity index (χ0n) is 14.0. The maximum atomic E-state index is 12.3. The van der Waals surface area contributed by atoms with Crippen molar-refractivity contribution in [2.45, 2.75) is 19.8 Å². The van der Waals surface area contributed by atoms with Crippen molar-refractivity contribution in [2.24, 2.45) is 0 Å². The van der Waals surface area contributed by atoms with Gasteiger partial charge in [-0.3, -0.25) is 24.6 Å². The summed E-state index contributed by atoms with van der Waals surface area (Å²) in [6.07, 6.45) is 3.14. The first-order valence-electron chi connectivity index (χ1n) is 8.10. The lowest BCUT2D eigenvalue weighted by atomic mass is 10.1. The summed E-state index contributed by atoms with van der Waals surface area (Å²) in [6.45, 7) is 2.39. The maximum Gasteiger partial charge on any atom is 0.293 e. The summed E-state index contributed by atoms with van der Waals surface area (Å²) >= 11 is 0.870. The van der Waals surface area contributed by atoms with Crippen molar-refractivity contribution >= 4 is 34.7 Å². The molecular formula is C18H16N2O5S. The van der Waals surface area contributed by atoms with Crippen molar-refractivity contribution < 1.29 is 18.9 Å². The van der Waals surface area contributed by atoms with Crippen LogP contribution < -0.4 is 0 Å². The van der Waals surface area contributed by atoms with Gasteiger partial charge in [0.25, 0.3) is 16.8 Å². The highest BCUT2D eigenvalue weighted by molar-refractivity contribution is 8.18. The lowest BCUT2D eigenvalue weighted by Gasteiger charge is -2.10. The van der Waals surface area contributed by atoms with Crippen molar-refractivity contribution in [2.75, 3.05) is 6.54 Å². The quantitative estimate of drug-likeness (QED) is 0.415. The van der Waals surface area contributed by atoms with Gasteiger partial charge in [-0.1, -0.05) is 25.5 Å². The van der Waals surface area contributed by atoms with Gasteiger partial charge in [-0.2, -0.15) is 0 Å². The minimum Gasteiger partial charge on any atom is -0.456 e. The van der Waals surface area contributed by atoms with Crippen LogP contribution in [0, 0.1) is 10.1 Å². The number of nitrogens with zero attached hydrogens (tertiary/aromatic N) is 2. The summed E-state index contributed by atoms with van der Waals surface area (Å²) < 4.78 is 5.65. The molecule has 7 nitrogen and oxygen atoms in total. The normalized spacial score (nSPS) is 15.9. The molecule has 3 rings (SSSR count). The minimum atomic E-state index is -0.476. The minimum absolute atomic E-state index is 0.0618. The molecule has 26 heavy (non-hydrogen) atoms. The molecule has 0 spiro atoms. The average molecular weight is 372 g/mol. The van der Waals surface area contributed by atoms with Crippen LogP contribution in [-0.4, -0.2) is 27.5 Å². The molecule has 1 aromatic carbocycles. The van der Waals surface area contributed by atoms with Crippen molar-refractivity contribution in [3.05, 3.63) is 57.2 Å². The van der Waals surface area contributed by atoms with Gasteiger partial charge in [0.1, 0.15) is 11.5 Å². The van der Waals surface area contributed by atoms with Crippen molar-refractivity contribution in [3.63, 3.8) is 0 Å². The first-order chi connectivity index (χ1) is 12.5. The van der Waals surface area contributed by atoms with Crippen LogP contribution in [0.15, 0.2) is 45.7 Å². The van der Waals surface area contributed by atoms with Gasteiger partial charge in [-0.15, -0.1) is 0 Å². The molecule has 1 aliphatic heterocycles. The third-order valence-corrected chi connectivity index (χ3v) is 4.78. The Balaban J connectivity index is 1.85. The van der Waals surface area contributed by atoms with E-state index in [2.05, 4.69) is 0 Å². The largest absolute Gasteiger partial charge is 0.456 e. The number of amides is 2. The highest BCUT2D eigenvalue weighted by Crippen LogP contribution is 2.35. The van der Waals surface area contributed by atoms with Crippen LogP contribution >= 0.6 is 11.8 Å². The fourth-order valence-corrected chi connectivity index (χ4v) is 3.40. The topological polar surface area (TPSA) is 93.7 Å². The Hall–Kier alpha value is -2.87. The predicted molar refractivity (Wildman–Crippen MR) is 98.4 cm³/mol. The first kappa shape index (κ1) is 17.9. The van der Waals surface area contributed by atoms with Crippen LogP contribution in [0.3, 0.4) is 0 Å². The molecule has 0 N–H and O–H groups in total. The van der Waals surface area contributed by atoms with E-state index in [1.54, 1.807) is 30.3 Å². The zero-order valence-corrected chi connectivity index (χ0v) is 14.8. The lowest BCUT2D eigenvalue weighted by Crippen LogP contribution is -2.29.